The van der Waals surface area contributed by atoms with E-state index < -0.39 is 5.97 Å². The van der Waals surface area contributed by atoms with Gasteiger partial charge in [0.2, 0.25) is 0 Å². The second kappa shape index (κ2) is 8.59. The van der Waals surface area contributed by atoms with Crippen LogP contribution in [-0.2, 0) is 0 Å². The van der Waals surface area contributed by atoms with E-state index >= 15 is 0 Å². The van der Waals surface area contributed by atoms with E-state index in [0.717, 1.165) is 17.2 Å². The van der Waals surface area contributed by atoms with Gasteiger partial charge in [0.15, 0.2) is 12.0 Å². The topological polar surface area (TPSA) is 103 Å². The van der Waals surface area contributed by atoms with Crippen molar-refractivity contribution in [2.24, 2.45) is 15.2 Å². The van der Waals surface area contributed by atoms with Crippen LogP contribution in [0.15, 0.2) is 68.6 Å². The van der Waals surface area contributed by atoms with Crippen LogP contribution in [0.3, 0.4) is 0 Å². The van der Waals surface area contributed by atoms with Gasteiger partial charge >= 0.3 is 5.97 Å². The zero-order valence-electron chi connectivity index (χ0n) is 14.6. The normalized spacial score (nSPS) is 15.4. The fraction of sp³-hybridized carbons (Fsp3) is 0.211. The van der Waals surface area contributed by atoms with E-state index in [1.54, 1.807) is 36.0 Å². The second-order valence-corrected chi connectivity index (χ2v) is 6.85. The Balaban J connectivity index is 1.58. The molecule has 0 fully saturated rings. The summed E-state index contributed by atoms with van der Waals surface area (Å²) in [6.07, 6.45) is 0.794. The lowest BCUT2D eigenvalue weighted by Gasteiger charge is -2.07. The molecule has 0 radical (unpaired) electrons. The highest BCUT2D eigenvalue weighted by Crippen LogP contribution is 2.21. The van der Waals surface area contributed by atoms with Crippen molar-refractivity contribution in [2.45, 2.75) is 24.4 Å². The molecule has 7 nitrogen and oxygen atoms in total. The highest BCUT2D eigenvalue weighted by Gasteiger charge is 2.12. The first-order chi connectivity index (χ1) is 13.0. The van der Waals surface area contributed by atoms with Gasteiger partial charge < -0.3 is 10.4 Å². The summed E-state index contributed by atoms with van der Waals surface area (Å²) in [5.41, 5.74) is 1.05. The molecule has 1 unspecified atom stereocenters. The Morgan fingerprint density at radius 1 is 1.15 bits per heavy atom. The van der Waals surface area contributed by atoms with Crippen LogP contribution < -0.4 is 5.32 Å². The van der Waals surface area contributed by atoms with Crippen molar-refractivity contribution in [3.05, 3.63) is 59.7 Å². The quantitative estimate of drug-likeness (QED) is 0.696. The van der Waals surface area contributed by atoms with E-state index in [9.17, 15) is 9.59 Å². The van der Waals surface area contributed by atoms with Crippen molar-refractivity contribution in [2.75, 3.05) is 11.1 Å². The summed E-state index contributed by atoms with van der Waals surface area (Å²) < 4.78 is 0. The SMILES string of the molecule is CCC1N=NC(CSc2ccc(C(=O)Nc3cccc(C(=O)O)c3)cc2)=N1. The first-order valence-electron chi connectivity index (χ1n) is 8.40. The largest absolute Gasteiger partial charge is 0.478 e. The first kappa shape index (κ1) is 18.8. The monoisotopic (exact) mass is 382 g/mol. The van der Waals surface area contributed by atoms with Gasteiger partial charge in [-0.3, -0.25) is 4.79 Å². The molecular weight excluding hydrogens is 364 g/mol. The Hall–Kier alpha value is -3.00. The number of carboxylic acid groups (broad SMARTS) is 1. The highest BCUT2D eigenvalue weighted by atomic mass is 32.2. The summed E-state index contributed by atoms with van der Waals surface area (Å²) in [6.45, 7) is 2.02. The number of anilines is 1. The minimum absolute atomic E-state index is 0.0497. The molecule has 1 atom stereocenters. The Morgan fingerprint density at radius 3 is 2.59 bits per heavy atom. The molecule has 1 aliphatic rings. The van der Waals surface area contributed by atoms with Crippen molar-refractivity contribution >= 4 is 35.2 Å². The number of thioether (sulfide) groups is 1. The third kappa shape index (κ3) is 5.01. The molecule has 1 heterocycles. The summed E-state index contributed by atoms with van der Waals surface area (Å²) in [5, 5.41) is 19.8. The molecule has 0 aromatic heterocycles. The van der Waals surface area contributed by atoms with Gasteiger partial charge in [-0.15, -0.1) is 16.9 Å². The maximum absolute atomic E-state index is 12.3. The number of aliphatic imine (C=N–C) groups is 1. The predicted molar refractivity (Wildman–Crippen MR) is 105 cm³/mol. The van der Waals surface area contributed by atoms with E-state index in [4.69, 9.17) is 5.11 Å². The van der Waals surface area contributed by atoms with Gasteiger partial charge in [0.05, 0.1) is 11.3 Å². The molecule has 1 aliphatic heterocycles. The standard InChI is InChI=1S/C19H18N4O3S/c1-2-16-21-17(23-22-16)11-27-15-8-6-12(7-9-15)18(24)20-14-5-3-4-13(10-14)19(25)26/h3-10,16H,2,11H2,1H3,(H,20,24)(H,25,26). The van der Waals surface area contributed by atoms with Crippen molar-refractivity contribution in [1.29, 1.82) is 0 Å². The van der Waals surface area contributed by atoms with Gasteiger partial charge in [0, 0.05) is 16.1 Å². The fourth-order valence-corrected chi connectivity index (χ4v) is 3.14. The van der Waals surface area contributed by atoms with Crippen LogP contribution in [0.2, 0.25) is 0 Å². The lowest BCUT2D eigenvalue weighted by atomic mass is 10.2. The zero-order valence-corrected chi connectivity index (χ0v) is 15.4. The molecule has 2 aromatic carbocycles. The van der Waals surface area contributed by atoms with Crippen LogP contribution in [0.1, 0.15) is 34.1 Å². The van der Waals surface area contributed by atoms with E-state index in [0.29, 0.717) is 17.0 Å². The molecule has 8 heteroatoms. The number of carbonyl (C=O) groups excluding carboxylic acids is 1. The lowest BCUT2D eigenvalue weighted by Crippen LogP contribution is -2.12. The van der Waals surface area contributed by atoms with Gasteiger partial charge in [0.1, 0.15) is 0 Å². The summed E-state index contributed by atoms with van der Waals surface area (Å²) in [7, 11) is 0. The molecule has 27 heavy (non-hydrogen) atoms. The van der Waals surface area contributed by atoms with Crippen molar-refractivity contribution < 1.29 is 14.7 Å². The molecule has 3 rings (SSSR count). The maximum Gasteiger partial charge on any atom is 0.335 e. The van der Waals surface area contributed by atoms with Gasteiger partial charge in [-0.05, 0) is 48.9 Å². The van der Waals surface area contributed by atoms with E-state index in [1.807, 2.05) is 19.1 Å². The number of nitrogens with one attached hydrogen (secondary N) is 1. The summed E-state index contributed by atoms with van der Waals surface area (Å²) >= 11 is 1.58. The molecular formula is C19H18N4O3S. The third-order valence-corrected chi connectivity index (χ3v) is 4.83. The number of azo groups is 1. The minimum atomic E-state index is -1.04. The van der Waals surface area contributed by atoms with E-state index in [1.165, 1.54) is 12.1 Å². The maximum atomic E-state index is 12.3. The number of amidine groups is 1. The molecule has 0 saturated heterocycles. The summed E-state index contributed by atoms with van der Waals surface area (Å²) in [6, 6.07) is 13.3. The number of carboxylic acids is 1. The van der Waals surface area contributed by atoms with Crippen molar-refractivity contribution in [3.63, 3.8) is 0 Å². The van der Waals surface area contributed by atoms with Gasteiger partial charge in [-0.25, -0.2) is 9.79 Å². The number of nitrogens with zero attached hydrogens (tertiary/aromatic N) is 3. The van der Waals surface area contributed by atoms with Crippen molar-refractivity contribution in [3.8, 4) is 0 Å². The average Bonchev–Trinajstić information content (AvgIpc) is 3.15. The van der Waals surface area contributed by atoms with Crippen LogP contribution in [0.5, 0.6) is 0 Å². The Bertz CT molecular complexity index is 909. The smallest absolute Gasteiger partial charge is 0.335 e. The Kier molecular flexibility index (Phi) is 5.97. The number of amides is 1. The number of carbonyl (C=O) groups is 2. The first-order valence-corrected chi connectivity index (χ1v) is 9.39. The van der Waals surface area contributed by atoms with E-state index in [2.05, 4.69) is 20.5 Å². The summed E-state index contributed by atoms with van der Waals surface area (Å²) in [5.74, 6) is 0.0259. The predicted octanol–water partition coefficient (Wildman–Crippen LogP) is 4.33. The van der Waals surface area contributed by atoms with Crippen LogP contribution in [-0.4, -0.2) is 34.7 Å². The Morgan fingerprint density at radius 2 is 1.93 bits per heavy atom. The zero-order chi connectivity index (χ0) is 19.2. The number of hydrogen-bond acceptors (Lipinski definition) is 6. The molecule has 2 N–H and O–H groups in total. The van der Waals surface area contributed by atoms with Gasteiger partial charge in [0.25, 0.3) is 5.91 Å². The number of rotatable bonds is 7. The average molecular weight is 382 g/mol. The Labute approximate surface area is 160 Å². The second-order valence-electron chi connectivity index (χ2n) is 5.80. The number of aromatic carboxylic acids is 1. The van der Waals surface area contributed by atoms with Crippen LogP contribution in [0, 0.1) is 0 Å². The van der Waals surface area contributed by atoms with Crippen LogP contribution in [0.25, 0.3) is 0 Å². The molecule has 2 aromatic rings. The van der Waals surface area contributed by atoms with Crippen LogP contribution in [0.4, 0.5) is 5.69 Å². The van der Waals surface area contributed by atoms with Crippen LogP contribution >= 0.6 is 11.8 Å². The van der Waals surface area contributed by atoms with Gasteiger partial charge in [-0.2, -0.15) is 5.11 Å². The molecule has 138 valence electrons. The minimum Gasteiger partial charge on any atom is -0.478 e. The third-order valence-electron chi connectivity index (χ3n) is 3.82. The lowest BCUT2D eigenvalue weighted by molar-refractivity contribution is 0.0696. The molecule has 0 saturated carbocycles. The molecule has 0 aliphatic carbocycles. The van der Waals surface area contributed by atoms with Gasteiger partial charge in [-0.1, -0.05) is 13.0 Å². The number of benzene rings is 2. The molecule has 0 spiro atoms. The molecule has 0 bridgehead atoms. The molecule has 1 amide bonds. The highest BCUT2D eigenvalue weighted by molar-refractivity contribution is 8.00. The van der Waals surface area contributed by atoms with Crippen molar-refractivity contribution in [1.82, 2.24) is 0 Å². The summed E-state index contributed by atoms with van der Waals surface area (Å²) in [4.78, 5) is 28.7. The van der Waals surface area contributed by atoms with E-state index in [-0.39, 0.29) is 17.6 Å². The number of hydrogen-bond donors (Lipinski definition) is 2. The fourth-order valence-electron chi connectivity index (χ4n) is 2.38.